The van der Waals surface area contributed by atoms with Crippen LogP contribution < -0.4 is 0 Å². The van der Waals surface area contributed by atoms with Crippen LogP contribution in [-0.4, -0.2) is 32.5 Å². The summed E-state index contributed by atoms with van der Waals surface area (Å²) in [6.45, 7) is 4.85. The molecule has 1 atom stereocenters. The number of hydrogen-bond acceptors (Lipinski definition) is 4. The molecule has 1 fully saturated rings. The lowest BCUT2D eigenvalue weighted by Gasteiger charge is -2.21. The molecular weight excluding hydrogens is 316 g/mol. The molecule has 2 aromatic heterocycles. The summed E-state index contributed by atoms with van der Waals surface area (Å²) in [5, 5.41) is 3.96. The van der Waals surface area contributed by atoms with Crippen molar-refractivity contribution in [1.82, 2.24) is 20.0 Å². The van der Waals surface area contributed by atoms with Crippen LogP contribution in [0.4, 0.5) is 0 Å². The highest BCUT2D eigenvalue weighted by Gasteiger charge is 2.34. The van der Waals surface area contributed by atoms with E-state index in [1.165, 1.54) is 5.56 Å². The molecule has 1 aromatic carbocycles. The molecule has 6 nitrogen and oxygen atoms in total. The molecule has 0 saturated carbocycles. The minimum atomic E-state index is -0.0785. The smallest absolute Gasteiger partial charge is 0.276 e. The number of aromatic amines is 1. The predicted octanol–water partition coefficient (Wildman–Crippen LogP) is 3.79. The topological polar surface area (TPSA) is 75.0 Å². The predicted molar refractivity (Wildman–Crippen MR) is 94.3 cm³/mol. The van der Waals surface area contributed by atoms with Gasteiger partial charge < -0.3 is 14.4 Å². The van der Waals surface area contributed by atoms with E-state index in [0.29, 0.717) is 5.69 Å². The van der Waals surface area contributed by atoms with Crippen molar-refractivity contribution >= 4 is 16.9 Å². The maximum atomic E-state index is 12.9. The minimum absolute atomic E-state index is 0.0356. The third-order valence-electron chi connectivity index (χ3n) is 4.76. The Morgan fingerprint density at radius 2 is 2.28 bits per heavy atom. The number of fused-ring (bicyclic) bond motifs is 1. The number of likely N-dealkylation sites (tertiary alicyclic amines) is 1. The van der Waals surface area contributed by atoms with Crippen LogP contribution in [0.15, 0.2) is 28.8 Å². The van der Waals surface area contributed by atoms with E-state index in [2.05, 4.69) is 36.1 Å². The van der Waals surface area contributed by atoms with Crippen molar-refractivity contribution in [2.75, 3.05) is 6.54 Å². The van der Waals surface area contributed by atoms with Crippen LogP contribution in [0, 0.1) is 6.92 Å². The van der Waals surface area contributed by atoms with Crippen molar-refractivity contribution in [3.8, 4) is 0 Å². The van der Waals surface area contributed by atoms with E-state index >= 15 is 0 Å². The molecule has 4 rings (SSSR count). The summed E-state index contributed by atoms with van der Waals surface area (Å²) in [6, 6.07) is 7.88. The van der Waals surface area contributed by atoms with E-state index in [9.17, 15) is 4.79 Å². The standard InChI is InChI=1S/C19H22N4O2/c1-3-5-13-11-16(22-25-13)19(24)23-9-4-6-17(23)18-20-14-8-7-12(2)10-15(14)21-18/h7-8,10-11,17H,3-6,9H2,1-2H3,(H,20,21)/t17-/m1/s1. The van der Waals surface area contributed by atoms with Gasteiger partial charge in [-0.2, -0.15) is 0 Å². The average Bonchev–Trinajstić information content (AvgIpc) is 3.32. The number of amides is 1. The zero-order valence-corrected chi connectivity index (χ0v) is 14.6. The van der Waals surface area contributed by atoms with E-state index in [1.54, 1.807) is 6.07 Å². The summed E-state index contributed by atoms with van der Waals surface area (Å²) in [4.78, 5) is 22.8. The number of rotatable bonds is 4. The van der Waals surface area contributed by atoms with E-state index in [4.69, 9.17) is 9.51 Å². The molecule has 0 unspecified atom stereocenters. The van der Waals surface area contributed by atoms with Crippen molar-refractivity contribution in [3.05, 3.63) is 47.1 Å². The number of benzene rings is 1. The number of nitrogens with zero attached hydrogens (tertiary/aromatic N) is 3. The normalized spacial score (nSPS) is 17.5. The number of imidazole rings is 1. The first-order chi connectivity index (χ1) is 12.2. The van der Waals surface area contributed by atoms with Gasteiger partial charge in [0.1, 0.15) is 11.6 Å². The molecule has 0 aliphatic carbocycles. The summed E-state index contributed by atoms with van der Waals surface area (Å²) in [5.74, 6) is 1.54. The monoisotopic (exact) mass is 338 g/mol. The Labute approximate surface area is 146 Å². The molecule has 1 N–H and O–H groups in total. The van der Waals surface area contributed by atoms with Crippen LogP contribution in [0.2, 0.25) is 0 Å². The third-order valence-corrected chi connectivity index (χ3v) is 4.76. The molecule has 0 spiro atoms. The van der Waals surface area contributed by atoms with Crippen LogP contribution in [0.1, 0.15) is 59.9 Å². The molecular formula is C19H22N4O2. The first-order valence-corrected chi connectivity index (χ1v) is 8.88. The summed E-state index contributed by atoms with van der Waals surface area (Å²) < 4.78 is 5.27. The SMILES string of the molecule is CCCc1cc(C(=O)N2CCC[C@@H]2c2nc3ccc(C)cc3[nH]2)no1. The lowest BCUT2D eigenvalue weighted by atomic mass is 10.2. The largest absolute Gasteiger partial charge is 0.361 e. The third kappa shape index (κ3) is 2.92. The van der Waals surface area contributed by atoms with Gasteiger partial charge in [0, 0.05) is 19.0 Å². The number of carbonyl (C=O) groups is 1. The molecule has 1 amide bonds. The summed E-state index contributed by atoms with van der Waals surface area (Å²) in [6.07, 6.45) is 3.64. The summed E-state index contributed by atoms with van der Waals surface area (Å²) >= 11 is 0. The Hall–Kier alpha value is -2.63. The molecule has 130 valence electrons. The highest BCUT2D eigenvalue weighted by Crippen LogP contribution is 2.32. The Morgan fingerprint density at radius 1 is 1.40 bits per heavy atom. The maximum Gasteiger partial charge on any atom is 0.276 e. The number of carbonyl (C=O) groups excluding carboxylic acids is 1. The molecule has 6 heteroatoms. The van der Waals surface area contributed by atoms with E-state index in [0.717, 1.165) is 54.8 Å². The van der Waals surface area contributed by atoms with E-state index in [-0.39, 0.29) is 11.9 Å². The number of H-pyrrole nitrogens is 1. The molecule has 1 saturated heterocycles. The Bertz CT molecular complexity index is 911. The van der Waals surface area contributed by atoms with Gasteiger partial charge in [-0.15, -0.1) is 0 Å². The van der Waals surface area contributed by atoms with Crippen LogP contribution in [0.25, 0.3) is 11.0 Å². The second kappa shape index (κ2) is 6.35. The fourth-order valence-electron chi connectivity index (χ4n) is 3.52. The van der Waals surface area contributed by atoms with Crippen molar-refractivity contribution in [2.45, 2.75) is 45.6 Å². The first kappa shape index (κ1) is 15.9. The molecule has 25 heavy (non-hydrogen) atoms. The zero-order valence-electron chi connectivity index (χ0n) is 14.6. The highest BCUT2D eigenvalue weighted by atomic mass is 16.5. The maximum absolute atomic E-state index is 12.9. The van der Waals surface area contributed by atoms with Gasteiger partial charge in [-0.25, -0.2) is 4.98 Å². The Kier molecular flexibility index (Phi) is 4.03. The minimum Gasteiger partial charge on any atom is -0.361 e. The van der Waals surface area contributed by atoms with Crippen LogP contribution in [0.5, 0.6) is 0 Å². The van der Waals surface area contributed by atoms with E-state index < -0.39 is 0 Å². The summed E-state index contributed by atoms with van der Waals surface area (Å²) in [7, 11) is 0. The second-order valence-electron chi connectivity index (χ2n) is 6.73. The van der Waals surface area contributed by atoms with Gasteiger partial charge >= 0.3 is 0 Å². The number of hydrogen-bond donors (Lipinski definition) is 1. The fraction of sp³-hybridized carbons (Fsp3) is 0.421. The number of aromatic nitrogens is 3. The van der Waals surface area contributed by atoms with Gasteiger partial charge in [0.05, 0.1) is 17.1 Å². The lowest BCUT2D eigenvalue weighted by molar-refractivity contribution is 0.0720. The first-order valence-electron chi connectivity index (χ1n) is 8.88. The zero-order chi connectivity index (χ0) is 17.4. The Balaban J connectivity index is 1.61. The van der Waals surface area contributed by atoms with Gasteiger partial charge in [-0.05, 0) is 43.9 Å². The van der Waals surface area contributed by atoms with Gasteiger partial charge in [0.2, 0.25) is 0 Å². The molecule has 0 radical (unpaired) electrons. The van der Waals surface area contributed by atoms with Crippen LogP contribution >= 0.6 is 0 Å². The second-order valence-corrected chi connectivity index (χ2v) is 6.73. The fourth-order valence-corrected chi connectivity index (χ4v) is 3.52. The van der Waals surface area contributed by atoms with E-state index in [1.807, 2.05) is 11.0 Å². The number of aryl methyl sites for hydroxylation is 2. The van der Waals surface area contributed by atoms with Gasteiger partial charge in [-0.1, -0.05) is 18.1 Å². The van der Waals surface area contributed by atoms with Crippen LogP contribution in [0.3, 0.4) is 0 Å². The van der Waals surface area contributed by atoms with Gasteiger partial charge in [0.15, 0.2) is 5.69 Å². The molecule has 3 heterocycles. The Morgan fingerprint density at radius 3 is 3.12 bits per heavy atom. The highest BCUT2D eigenvalue weighted by molar-refractivity contribution is 5.92. The van der Waals surface area contributed by atoms with Crippen molar-refractivity contribution in [1.29, 1.82) is 0 Å². The molecule has 1 aliphatic rings. The van der Waals surface area contributed by atoms with Crippen LogP contribution in [-0.2, 0) is 6.42 Å². The molecule has 1 aliphatic heterocycles. The molecule has 3 aromatic rings. The summed E-state index contributed by atoms with van der Waals surface area (Å²) in [5.41, 5.74) is 3.53. The number of nitrogens with one attached hydrogen (secondary N) is 1. The van der Waals surface area contributed by atoms with Crippen molar-refractivity contribution in [2.24, 2.45) is 0 Å². The molecule has 0 bridgehead atoms. The van der Waals surface area contributed by atoms with Gasteiger partial charge in [0.25, 0.3) is 5.91 Å². The van der Waals surface area contributed by atoms with Gasteiger partial charge in [-0.3, -0.25) is 4.79 Å². The lowest BCUT2D eigenvalue weighted by Crippen LogP contribution is -2.31. The van der Waals surface area contributed by atoms with Crippen molar-refractivity contribution in [3.63, 3.8) is 0 Å². The van der Waals surface area contributed by atoms with Crippen molar-refractivity contribution < 1.29 is 9.32 Å². The quantitative estimate of drug-likeness (QED) is 0.785. The average molecular weight is 338 g/mol.